The number of pyridine rings is 1. The average molecular weight is 1050 g/mol. The first-order valence-electron chi connectivity index (χ1n) is 25.3. The molecular formula is C53H66F3N9O8S. The summed E-state index contributed by atoms with van der Waals surface area (Å²) < 4.78 is 63.3. The molecule has 1 saturated carbocycles. The molecule has 1 aliphatic carbocycles. The van der Waals surface area contributed by atoms with E-state index in [9.17, 15) is 32.3 Å². The third kappa shape index (κ3) is 10.5. The fourth-order valence-corrected chi connectivity index (χ4v) is 12.2. The van der Waals surface area contributed by atoms with Gasteiger partial charge in [0.25, 0.3) is 0 Å². The number of likely N-dealkylation sites (tertiary alicyclic amines) is 1. The van der Waals surface area contributed by atoms with E-state index in [1.165, 1.54) is 39.0 Å². The van der Waals surface area contributed by atoms with Gasteiger partial charge in [-0.1, -0.05) is 40.3 Å². The smallest absolute Gasteiger partial charge is 0.406 e. The maximum Gasteiger partial charge on any atom is 0.406 e. The zero-order valence-corrected chi connectivity index (χ0v) is 43.9. The molecule has 5 amide bonds. The molecule has 6 bridgehead atoms. The van der Waals surface area contributed by atoms with E-state index >= 15 is 4.79 Å². The predicted octanol–water partition coefficient (Wildman–Crippen LogP) is 6.70. The minimum Gasteiger partial charge on any atom is -0.464 e. The lowest BCUT2D eigenvalue weighted by Crippen LogP contribution is -2.73. The van der Waals surface area contributed by atoms with Gasteiger partial charge in [-0.25, -0.2) is 15.2 Å². The van der Waals surface area contributed by atoms with Crippen molar-refractivity contribution in [2.45, 2.75) is 115 Å². The molecular weight excluding hydrogens is 980 g/mol. The standard InChI is InChI=1S/C53H66F3N9O8S/c1-9-42(66)62-20-21-73-51(26-62)27-63(28-51)49(70)61(7)44(31(2)3)46(67)59-52(16-17-52)37-23-41-58-39(25-74-41)33-14-15-40-35(22-33)36(24-50(5,6)30-72-48(69)38-13-11-19-65(60-38)47(37)68)45(64(40)29-53(54,55)56)34-12-10-18-57-43(34)32(4)71-8/h9-10,12,14-15,18,22,25,31-32,37-38,44,60H,1,11,13,16-17,19-21,23-24,26-30H2,2-8H3,(H,59,67)/t32-,37-,38-,44-/m0/s1. The van der Waals surface area contributed by atoms with E-state index in [1.54, 1.807) is 54.2 Å². The summed E-state index contributed by atoms with van der Waals surface area (Å²) in [6, 6.07) is 6.58. The first kappa shape index (κ1) is 52.9. The highest BCUT2D eigenvalue weighted by Gasteiger charge is 2.57. The molecule has 3 saturated heterocycles. The molecule has 7 heterocycles. The van der Waals surface area contributed by atoms with Crippen LogP contribution in [0.3, 0.4) is 0 Å². The number of carbonyl (C=O) groups is 5. The van der Waals surface area contributed by atoms with Gasteiger partial charge in [0, 0.05) is 72.7 Å². The molecule has 3 aromatic heterocycles. The van der Waals surface area contributed by atoms with Crippen LogP contribution in [0.25, 0.3) is 33.4 Å². The van der Waals surface area contributed by atoms with Crippen LogP contribution in [0.1, 0.15) is 82.7 Å². The number of methoxy groups -OCH3 is 1. The zero-order chi connectivity index (χ0) is 53.1. The third-order valence-electron chi connectivity index (χ3n) is 15.3. The summed E-state index contributed by atoms with van der Waals surface area (Å²) in [6.45, 7) is 13.4. The number of nitrogens with zero attached hydrogens (tertiary/aromatic N) is 7. The monoisotopic (exact) mass is 1050 g/mol. The molecule has 398 valence electrons. The Hall–Kier alpha value is -5.90. The van der Waals surface area contributed by atoms with E-state index in [0.717, 1.165) is 0 Å². The highest BCUT2D eigenvalue weighted by molar-refractivity contribution is 7.10. The molecule has 1 aromatic carbocycles. The molecule has 5 aliphatic rings. The van der Waals surface area contributed by atoms with E-state index in [-0.39, 0.29) is 56.3 Å². The second-order valence-corrected chi connectivity index (χ2v) is 22.7. The molecule has 0 radical (unpaired) electrons. The normalized spacial score (nSPS) is 22.4. The van der Waals surface area contributed by atoms with Crippen LogP contribution < -0.4 is 10.7 Å². The van der Waals surface area contributed by atoms with Gasteiger partial charge in [0.05, 0.1) is 72.5 Å². The van der Waals surface area contributed by atoms with E-state index < -0.39 is 65.3 Å². The molecule has 17 nitrogen and oxygen atoms in total. The molecule has 21 heteroatoms. The topological polar surface area (TPSA) is 181 Å². The Morgan fingerprint density at radius 2 is 1.84 bits per heavy atom. The Morgan fingerprint density at radius 3 is 2.53 bits per heavy atom. The van der Waals surface area contributed by atoms with E-state index in [1.807, 2.05) is 39.1 Å². The summed E-state index contributed by atoms with van der Waals surface area (Å²) in [5, 5.41) is 7.75. The second kappa shape index (κ2) is 20.3. The van der Waals surface area contributed by atoms with Crippen LogP contribution in [-0.2, 0) is 52.8 Å². The van der Waals surface area contributed by atoms with E-state index in [4.69, 9.17) is 19.2 Å². The number of benzene rings is 1. The summed E-state index contributed by atoms with van der Waals surface area (Å²) in [6.07, 6.45) is -0.157. The minimum atomic E-state index is -4.59. The number of morpholine rings is 1. The van der Waals surface area contributed by atoms with Crippen molar-refractivity contribution in [3.63, 3.8) is 0 Å². The van der Waals surface area contributed by atoms with Gasteiger partial charge in [-0.05, 0) is 80.9 Å². The van der Waals surface area contributed by atoms with Crippen LogP contribution in [0.5, 0.6) is 0 Å². The Balaban J connectivity index is 1.06. The van der Waals surface area contributed by atoms with Crippen LogP contribution in [-0.4, -0.2) is 153 Å². The van der Waals surface area contributed by atoms with Crippen molar-refractivity contribution in [2.75, 3.05) is 60.1 Å². The van der Waals surface area contributed by atoms with Crippen molar-refractivity contribution in [1.29, 1.82) is 0 Å². The lowest BCUT2D eigenvalue weighted by Gasteiger charge is -2.54. The van der Waals surface area contributed by atoms with Gasteiger partial charge in [0.2, 0.25) is 17.7 Å². The van der Waals surface area contributed by atoms with E-state index in [2.05, 4.69) is 22.3 Å². The summed E-state index contributed by atoms with van der Waals surface area (Å²) in [5.41, 5.74) is 4.11. The number of cyclic esters (lactones) is 1. The molecule has 2 N–H and O–H groups in total. The fraction of sp³-hybridized carbons (Fsp3) is 0.566. The molecule has 1 spiro atoms. The zero-order valence-electron chi connectivity index (χ0n) is 43.1. The first-order chi connectivity index (χ1) is 35.0. The molecule has 4 fully saturated rings. The number of halogens is 3. The highest BCUT2D eigenvalue weighted by atomic mass is 32.1. The largest absolute Gasteiger partial charge is 0.464 e. The van der Waals surface area contributed by atoms with Gasteiger partial charge in [-0.3, -0.25) is 29.2 Å². The Morgan fingerprint density at radius 1 is 1.09 bits per heavy atom. The third-order valence-corrected chi connectivity index (χ3v) is 16.1. The minimum absolute atomic E-state index is 0.0830. The van der Waals surface area contributed by atoms with Gasteiger partial charge >= 0.3 is 18.2 Å². The van der Waals surface area contributed by atoms with Gasteiger partial charge in [0.1, 0.15) is 24.2 Å². The van der Waals surface area contributed by atoms with Crippen molar-refractivity contribution in [3.05, 3.63) is 70.8 Å². The maximum absolute atomic E-state index is 15.1. The number of rotatable bonds is 10. The number of alkyl halides is 3. The average Bonchev–Trinajstić information content (AvgIpc) is 3.88. The number of hydrogen-bond donors (Lipinski definition) is 2. The summed E-state index contributed by atoms with van der Waals surface area (Å²) in [5.74, 6) is -2.70. The number of likely N-dealkylation sites (N-methyl/N-ethyl adjacent to an activating group) is 1. The number of hydrogen-bond acceptors (Lipinski definition) is 12. The quantitative estimate of drug-likeness (QED) is 0.128. The lowest BCUT2D eigenvalue weighted by atomic mass is 9.84. The van der Waals surface area contributed by atoms with Crippen molar-refractivity contribution in [3.8, 4) is 22.5 Å². The number of ether oxygens (including phenoxy) is 3. The molecule has 4 atom stereocenters. The fourth-order valence-electron chi connectivity index (χ4n) is 11.3. The highest BCUT2D eigenvalue weighted by Crippen LogP contribution is 2.47. The van der Waals surface area contributed by atoms with Gasteiger partial charge < -0.3 is 38.8 Å². The molecule has 4 aromatic rings. The molecule has 0 unspecified atom stereocenters. The Bertz CT molecular complexity index is 2840. The van der Waals surface area contributed by atoms with Crippen molar-refractivity contribution in [1.82, 2.24) is 45.0 Å². The summed E-state index contributed by atoms with van der Waals surface area (Å²) in [4.78, 5) is 84.6. The number of amides is 5. The van der Waals surface area contributed by atoms with Crippen molar-refractivity contribution >= 4 is 52.0 Å². The van der Waals surface area contributed by atoms with Crippen LogP contribution in [0.2, 0.25) is 0 Å². The van der Waals surface area contributed by atoms with Crippen molar-refractivity contribution < 1.29 is 51.4 Å². The Labute approximate surface area is 432 Å². The van der Waals surface area contributed by atoms with Crippen LogP contribution in [0.4, 0.5) is 18.0 Å². The maximum atomic E-state index is 15.1. The number of urea groups is 1. The number of hydrazine groups is 1. The van der Waals surface area contributed by atoms with E-state index in [0.29, 0.717) is 102 Å². The SMILES string of the molecule is C=CC(=O)N1CCOC2(C1)CN(C(=O)N(C)[C@H](C(=O)NC1([C@H]3Cc4nc(cs4)-c4ccc5c(c4)c(c(-c4cccnc4[C@H](C)OC)n5CC(F)(F)F)CC(C)(C)COC(=O)[C@@H]4CCCN(N4)C3=O)CC1)C(C)C)C2. The number of nitrogens with one attached hydrogen (secondary N) is 2. The van der Waals surface area contributed by atoms with Crippen molar-refractivity contribution in [2.24, 2.45) is 17.3 Å². The van der Waals surface area contributed by atoms with Crippen LogP contribution >= 0.6 is 11.3 Å². The summed E-state index contributed by atoms with van der Waals surface area (Å²) >= 11 is 1.34. The van der Waals surface area contributed by atoms with Gasteiger partial charge in [-0.15, -0.1) is 11.3 Å². The first-order valence-corrected chi connectivity index (χ1v) is 26.2. The van der Waals surface area contributed by atoms with Gasteiger partial charge in [-0.2, -0.15) is 13.2 Å². The number of carbonyl (C=O) groups excluding carboxylic acids is 5. The second-order valence-electron chi connectivity index (χ2n) is 21.8. The van der Waals surface area contributed by atoms with Crippen LogP contribution in [0, 0.1) is 17.3 Å². The lowest BCUT2D eigenvalue weighted by molar-refractivity contribution is -0.178. The summed E-state index contributed by atoms with van der Waals surface area (Å²) in [7, 11) is 3.11. The number of thiazole rings is 1. The molecule has 4 aliphatic heterocycles. The molecule has 9 rings (SSSR count). The number of aromatic nitrogens is 3. The van der Waals surface area contributed by atoms with Gasteiger partial charge in [0.15, 0.2) is 0 Å². The predicted molar refractivity (Wildman–Crippen MR) is 270 cm³/mol. The van der Waals surface area contributed by atoms with Crippen LogP contribution in [0.15, 0.2) is 54.6 Å². The molecule has 74 heavy (non-hydrogen) atoms. The Kier molecular flexibility index (Phi) is 14.5. The number of esters is 1. The number of fused-ring (bicyclic) bond motifs is 6.